The van der Waals surface area contributed by atoms with Gasteiger partial charge in [0.1, 0.15) is 0 Å². The van der Waals surface area contributed by atoms with Gasteiger partial charge in [0.2, 0.25) is 11.8 Å². The molecule has 0 unspecified atom stereocenters. The lowest BCUT2D eigenvalue weighted by Crippen LogP contribution is -2.50. The van der Waals surface area contributed by atoms with Crippen LogP contribution in [0.15, 0.2) is 0 Å². The molecule has 100 valence electrons. The molecule has 2 aliphatic rings. The second kappa shape index (κ2) is 4.71. The van der Waals surface area contributed by atoms with Crippen LogP contribution in [0.5, 0.6) is 0 Å². The van der Waals surface area contributed by atoms with E-state index >= 15 is 0 Å². The van der Waals surface area contributed by atoms with Gasteiger partial charge in [0, 0.05) is 19.4 Å². The van der Waals surface area contributed by atoms with Gasteiger partial charge in [-0.05, 0) is 18.8 Å². The number of likely N-dealkylation sites (tertiary alicyclic amines) is 1. The fourth-order valence-corrected chi connectivity index (χ4v) is 3.00. The highest BCUT2D eigenvalue weighted by atomic mass is 16.4. The van der Waals surface area contributed by atoms with Gasteiger partial charge in [-0.25, -0.2) is 0 Å². The topological polar surface area (TPSA) is 74.7 Å². The zero-order valence-electron chi connectivity index (χ0n) is 10.6. The fraction of sp³-hybridized carbons (Fsp3) is 0.769. The summed E-state index contributed by atoms with van der Waals surface area (Å²) in [5.41, 5.74) is -0.897. The molecule has 1 saturated heterocycles. The summed E-state index contributed by atoms with van der Waals surface area (Å²) in [6.07, 6.45) is 3.55. The van der Waals surface area contributed by atoms with E-state index in [1.807, 2.05) is 6.92 Å². The number of rotatable bonds is 3. The van der Waals surface area contributed by atoms with Crippen LogP contribution < -0.4 is 0 Å². The number of imide groups is 1. The molecule has 2 fully saturated rings. The number of amides is 2. The van der Waals surface area contributed by atoms with Crippen molar-refractivity contribution in [3.8, 4) is 0 Å². The van der Waals surface area contributed by atoms with Crippen LogP contribution in [0.25, 0.3) is 0 Å². The number of hydrogen-bond donors (Lipinski definition) is 1. The number of hydrogen-bond acceptors (Lipinski definition) is 3. The van der Waals surface area contributed by atoms with Crippen molar-refractivity contribution in [3.05, 3.63) is 0 Å². The Kier molecular flexibility index (Phi) is 3.41. The Bertz CT molecular complexity index is 366. The Morgan fingerprint density at radius 1 is 1.28 bits per heavy atom. The minimum Gasteiger partial charge on any atom is -0.481 e. The molecule has 0 aromatic heterocycles. The average Bonchev–Trinajstić information content (AvgIpc) is 2.73. The van der Waals surface area contributed by atoms with Gasteiger partial charge in [0.15, 0.2) is 0 Å². The molecule has 0 radical (unpaired) electrons. The van der Waals surface area contributed by atoms with E-state index in [0.29, 0.717) is 25.7 Å². The monoisotopic (exact) mass is 253 g/mol. The Balaban J connectivity index is 2.14. The van der Waals surface area contributed by atoms with Gasteiger partial charge < -0.3 is 5.11 Å². The molecule has 18 heavy (non-hydrogen) atoms. The van der Waals surface area contributed by atoms with Gasteiger partial charge in [0.05, 0.1) is 5.41 Å². The highest BCUT2D eigenvalue weighted by Crippen LogP contribution is 2.40. The van der Waals surface area contributed by atoms with E-state index in [1.54, 1.807) is 0 Å². The number of carbonyl (C=O) groups is 3. The molecule has 1 heterocycles. The van der Waals surface area contributed by atoms with Crippen molar-refractivity contribution < 1.29 is 19.5 Å². The molecule has 0 spiro atoms. The normalized spacial score (nSPS) is 24.6. The quantitative estimate of drug-likeness (QED) is 0.772. The summed E-state index contributed by atoms with van der Waals surface area (Å²) in [5, 5.41) is 9.37. The molecule has 2 amide bonds. The molecule has 0 aromatic rings. The molecule has 0 aromatic carbocycles. The average molecular weight is 253 g/mol. The molecule has 1 N–H and O–H groups in total. The molecule has 0 bridgehead atoms. The molecule has 5 heteroatoms. The first-order valence-corrected chi connectivity index (χ1v) is 6.51. The lowest BCUT2D eigenvalue weighted by molar-refractivity contribution is -0.157. The molecule has 1 saturated carbocycles. The van der Waals surface area contributed by atoms with E-state index in [1.165, 1.54) is 4.90 Å². The summed E-state index contributed by atoms with van der Waals surface area (Å²) in [6.45, 7) is 1.93. The third kappa shape index (κ3) is 2.26. The zero-order chi connectivity index (χ0) is 13.3. The van der Waals surface area contributed by atoms with E-state index in [-0.39, 0.29) is 24.3 Å². The number of carbonyl (C=O) groups excluding carboxylic acids is 2. The first-order chi connectivity index (χ1) is 8.44. The number of piperidine rings is 1. The van der Waals surface area contributed by atoms with Crippen LogP contribution in [0.1, 0.15) is 45.4 Å². The van der Waals surface area contributed by atoms with Crippen LogP contribution in [-0.4, -0.2) is 34.3 Å². The van der Waals surface area contributed by atoms with Crippen molar-refractivity contribution in [2.45, 2.75) is 45.4 Å². The molecule has 1 aliphatic heterocycles. The SMILES string of the molecule is CC1CC(=O)N(CC2(C(=O)O)CCCC2)C(=O)C1. The summed E-state index contributed by atoms with van der Waals surface area (Å²) in [5.74, 6) is -1.23. The predicted molar refractivity (Wildman–Crippen MR) is 63.7 cm³/mol. The third-order valence-electron chi connectivity index (χ3n) is 4.12. The fourth-order valence-electron chi connectivity index (χ4n) is 3.00. The van der Waals surface area contributed by atoms with Crippen LogP contribution in [0.4, 0.5) is 0 Å². The Morgan fingerprint density at radius 3 is 2.22 bits per heavy atom. The molecular weight excluding hydrogens is 234 g/mol. The van der Waals surface area contributed by atoms with Gasteiger partial charge in [-0.1, -0.05) is 19.8 Å². The Morgan fingerprint density at radius 2 is 1.78 bits per heavy atom. The predicted octanol–water partition coefficient (Wildman–Crippen LogP) is 1.42. The van der Waals surface area contributed by atoms with Crippen LogP contribution in [0.2, 0.25) is 0 Å². The molecule has 1 aliphatic carbocycles. The van der Waals surface area contributed by atoms with Crippen LogP contribution in [0, 0.1) is 11.3 Å². The van der Waals surface area contributed by atoms with Crippen LogP contribution in [-0.2, 0) is 14.4 Å². The van der Waals surface area contributed by atoms with Crippen molar-refractivity contribution in [1.82, 2.24) is 4.90 Å². The minimum absolute atomic E-state index is 0.0622. The lowest BCUT2D eigenvalue weighted by Gasteiger charge is -2.34. The smallest absolute Gasteiger partial charge is 0.311 e. The van der Waals surface area contributed by atoms with Gasteiger partial charge in [-0.2, -0.15) is 0 Å². The zero-order valence-corrected chi connectivity index (χ0v) is 10.6. The Labute approximate surface area is 106 Å². The lowest BCUT2D eigenvalue weighted by atomic mass is 9.84. The number of nitrogens with zero attached hydrogens (tertiary/aromatic N) is 1. The van der Waals surface area contributed by atoms with Crippen molar-refractivity contribution in [3.63, 3.8) is 0 Å². The standard InChI is InChI=1S/C13H19NO4/c1-9-6-10(15)14(11(16)7-9)8-13(12(17)18)4-2-3-5-13/h9H,2-8H2,1H3,(H,17,18). The highest BCUT2D eigenvalue weighted by Gasteiger charge is 2.45. The van der Waals surface area contributed by atoms with Crippen molar-refractivity contribution in [1.29, 1.82) is 0 Å². The van der Waals surface area contributed by atoms with Crippen molar-refractivity contribution >= 4 is 17.8 Å². The maximum atomic E-state index is 11.9. The molecule has 2 rings (SSSR count). The number of carboxylic acid groups (broad SMARTS) is 1. The maximum absolute atomic E-state index is 11.9. The second-order valence-corrected chi connectivity index (χ2v) is 5.68. The van der Waals surface area contributed by atoms with Gasteiger partial charge >= 0.3 is 5.97 Å². The molecule has 5 nitrogen and oxygen atoms in total. The summed E-state index contributed by atoms with van der Waals surface area (Å²) < 4.78 is 0. The van der Waals surface area contributed by atoms with E-state index in [2.05, 4.69) is 0 Å². The van der Waals surface area contributed by atoms with Crippen LogP contribution >= 0.6 is 0 Å². The van der Waals surface area contributed by atoms with E-state index < -0.39 is 11.4 Å². The highest BCUT2D eigenvalue weighted by molar-refractivity contribution is 5.98. The second-order valence-electron chi connectivity index (χ2n) is 5.68. The van der Waals surface area contributed by atoms with E-state index in [4.69, 9.17) is 0 Å². The first-order valence-electron chi connectivity index (χ1n) is 6.51. The Hall–Kier alpha value is -1.39. The maximum Gasteiger partial charge on any atom is 0.311 e. The number of carboxylic acids is 1. The largest absolute Gasteiger partial charge is 0.481 e. The third-order valence-corrected chi connectivity index (χ3v) is 4.12. The summed E-state index contributed by atoms with van der Waals surface area (Å²) in [4.78, 5) is 36.4. The van der Waals surface area contributed by atoms with Crippen molar-refractivity contribution in [2.75, 3.05) is 6.54 Å². The first kappa shape index (κ1) is 13.1. The van der Waals surface area contributed by atoms with E-state index in [9.17, 15) is 19.5 Å². The summed E-state index contributed by atoms with van der Waals surface area (Å²) in [7, 11) is 0. The van der Waals surface area contributed by atoms with Crippen molar-refractivity contribution in [2.24, 2.45) is 11.3 Å². The molecular formula is C13H19NO4. The van der Waals surface area contributed by atoms with Gasteiger partial charge in [-0.3, -0.25) is 19.3 Å². The van der Waals surface area contributed by atoms with E-state index in [0.717, 1.165) is 12.8 Å². The summed E-state index contributed by atoms with van der Waals surface area (Å²) in [6, 6.07) is 0. The van der Waals surface area contributed by atoms with Gasteiger partial charge in [0.25, 0.3) is 0 Å². The minimum atomic E-state index is -0.897. The number of aliphatic carboxylic acids is 1. The molecule has 0 atom stereocenters. The summed E-state index contributed by atoms with van der Waals surface area (Å²) >= 11 is 0. The van der Waals surface area contributed by atoms with Crippen LogP contribution in [0.3, 0.4) is 0 Å². The van der Waals surface area contributed by atoms with Gasteiger partial charge in [-0.15, -0.1) is 0 Å².